The number of sulfone groups is 1. The molecule has 1 aromatic carbocycles. The lowest BCUT2D eigenvalue weighted by Gasteiger charge is -2.33. The summed E-state index contributed by atoms with van der Waals surface area (Å²) >= 11 is 12.1. The van der Waals surface area contributed by atoms with E-state index in [0.29, 0.717) is 15.9 Å². The molecule has 2 aromatic rings. The van der Waals surface area contributed by atoms with Crippen molar-refractivity contribution < 1.29 is 13.2 Å². The lowest BCUT2D eigenvalue weighted by molar-refractivity contribution is 0.170. The van der Waals surface area contributed by atoms with Crippen molar-refractivity contribution in [3.63, 3.8) is 0 Å². The summed E-state index contributed by atoms with van der Waals surface area (Å²) in [5, 5.41) is 1.03. The molecule has 0 saturated carbocycles. The number of pyridine rings is 1. The van der Waals surface area contributed by atoms with E-state index in [4.69, 9.17) is 27.9 Å². The van der Waals surface area contributed by atoms with Gasteiger partial charge in [0.1, 0.15) is 17.7 Å². The van der Waals surface area contributed by atoms with E-state index < -0.39 is 9.84 Å². The number of hydrogen-bond donors (Lipinski definition) is 0. The van der Waals surface area contributed by atoms with Crippen molar-refractivity contribution in [2.45, 2.75) is 23.8 Å². The molecule has 1 aliphatic rings. The van der Waals surface area contributed by atoms with Crippen LogP contribution >= 0.6 is 23.2 Å². The van der Waals surface area contributed by atoms with Crippen molar-refractivity contribution in [3.05, 3.63) is 46.6 Å². The number of aromatic nitrogens is 1. The van der Waals surface area contributed by atoms with Gasteiger partial charge >= 0.3 is 0 Å². The highest BCUT2D eigenvalue weighted by Gasteiger charge is 2.23. The Morgan fingerprint density at radius 2 is 1.80 bits per heavy atom. The Morgan fingerprint density at radius 3 is 2.36 bits per heavy atom. The zero-order chi connectivity index (χ0) is 18.0. The Kier molecular flexibility index (Phi) is 5.41. The van der Waals surface area contributed by atoms with E-state index in [1.165, 1.54) is 12.3 Å². The van der Waals surface area contributed by atoms with E-state index in [-0.39, 0.29) is 11.0 Å². The molecule has 8 heteroatoms. The van der Waals surface area contributed by atoms with Crippen molar-refractivity contribution in [2.75, 3.05) is 24.2 Å². The maximum Gasteiger partial charge on any atom is 0.177 e. The van der Waals surface area contributed by atoms with Gasteiger partial charge in [0.05, 0.1) is 9.92 Å². The van der Waals surface area contributed by atoms with Crippen molar-refractivity contribution in [1.29, 1.82) is 0 Å². The second-order valence-electron chi connectivity index (χ2n) is 6.01. The molecule has 25 heavy (non-hydrogen) atoms. The molecule has 5 nitrogen and oxygen atoms in total. The molecule has 0 atom stereocenters. The van der Waals surface area contributed by atoms with Crippen LogP contribution in [0.3, 0.4) is 0 Å². The lowest BCUT2D eigenvalue weighted by atomic mass is 10.1. The second kappa shape index (κ2) is 7.40. The topological polar surface area (TPSA) is 59.5 Å². The van der Waals surface area contributed by atoms with Crippen LogP contribution in [0.25, 0.3) is 0 Å². The number of benzene rings is 1. The van der Waals surface area contributed by atoms with Gasteiger partial charge in [-0.15, -0.1) is 0 Å². The molecule has 3 rings (SSSR count). The highest BCUT2D eigenvalue weighted by Crippen LogP contribution is 2.29. The van der Waals surface area contributed by atoms with Gasteiger partial charge in [0.25, 0.3) is 0 Å². The third-order valence-electron chi connectivity index (χ3n) is 4.08. The van der Waals surface area contributed by atoms with Crippen molar-refractivity contribution >= 4 is 38.9 Å². The summed E-state index contributed by atoms with van der Waals surface area (Å²) < 4.78 is 29.1. The Labute approximate surface area is 157 Å². The molecule has 134 valence electrons. The zero-order valence-corrected chi connectivity index (χ0v) is 16.0. The number of nitrogens with zero attached hydrogens (tertiary/aromatic N) is 2. The second-order valence-corrected chi connectivity index (χ2v) is 8.87. The van der Waals surface area contributed by atoms with E-state index in [1.807, 2.05) is 12.1 Å². The SMILES string of the molecule is CS(=O)(=O)c1cnc(N2CCC(Oc3ccc(Cl)cc3)CC2)c(Cl)c1. The number of hydrogen-bond acceptors (Lipinski definition) is 5. The van der Waals surface area contributed by atoms with Crippen LogP contribution in [0.5, 0.6) is 5.75 Å². The van der Waals surface area contributed by atoms with Crippen LogP contribution < -0.4 is 9.64 Å². The summed E-state index contributed by atoms with van der Waals surface area (Å²) in [5.74, 6) is 1.41. The smallest absolute Gasteiger partial charge is 0.177 e. The Bertz CT molecular complexity index is 849. The largest absolute Gasteiger partial charge is 0.490 e. The molecule has 1 saturated heterocycles. The molecule has 2 heterocycles. The average molecular weight is 401 g/mol. The first-order valence-electron chi connectivity index (χ1n) is 7.86. The van der Waals surface area contributed by atoms with Crippen LogP contribution in [0.4, 0.5) is 5.82 Å². The third-order valence-corrected chi connectivity index (χ3v) is 5.69. The third kappa shape index (κ3) is 4.57. The maximum absolute atomic E-state index is 11.6. The predicted molar refractivity (Wildman–Crippen MR) is 99.7 cm³/mol. The van der Waals surface area contributed by atoms with Gasteiger partial charge in [-0.05, 0) is 30.3 Å². The van der Waals surface area contributed by atoms with E-state index in [2.05, 4.69) is 9.88 Å². The molecular weight excluding hydrogens is 383 g/mol. The molecule has 1 aliphatic heterocycles. The number of anilines is 1. The van der Waals surface area contributed by atoms with Crippen LogP contribution in [0.2, 0.25) is 10.0 Å². The fourth-order valence-electron chi connectivity index (χ4n) is 2.74. The Hall–Kier alpha value is -1.50. The molecule has 0 unspecified atom stereocenters. The predicted octanol–water partition coefficient (Wildman–Crippen LogP) is 3.84. The molecule has 0 amide bonds. The van der Waals surface area contributed by atoms with Crippen LogP contribution in [0.1, 0.15) is 12.8 Å². The average Bonchev–Trinajstić information content (AvgIpc) is 2.57. The monoisotopic (exact) mass is 400 g/mol. The Morgan fingerprint density at radius 1 is 1.16 bits per heavy atom. The minimum Gasteiger partial charge on any atom is -0.490 e. The molecule has 0 spiro atoms. The lowest BCUT2D eigenvalue weighted by Crippen LogP contribution is -2.38. The number of halogens is 2. The van der Waals surface area contributed by atoms with E-state index in [0.717, 1.165) is 37.9 Å². The first-order chi connectivity index (χ1) is 11.8. The van der Waals surface area contributed by atoms with Crippen LogP contribution in [0, 0.1) is 0 Å². The highest BCUT2D eigenvalue weighted by atomic mass is 35.5. The zero-order valence-electron chi connectivity index (χ0n) is 13.7. The van der Waals surface area contributed by atoms with Crippen molar-refractivity contribution in [1.82, 2.24) is 4.98 Å². The van der Waals surface area contributed by atoms with Crippen molar-refractivity contribution in [2.24, 2.45) is 0 Å². The highest BCUT2D eigenvalue weighted by molar-refractivity contribution is 7.90. The number of piperidine rings is 1. The van der Waals surface area contributed by atoms with E-state index >= 15 is 0 Å². The minimum absolute atomic E-state index is 0.117. The minimum atomic E-state index is -3.31. The molecule has 0 bridgehead atoms. The Balaban J connectivity index is 1.63. The fraction of sp³-hybridized carbons (Fsp3) is 0.353. The molecule has 1 aromatic heterocycles. The molecule has 0 N–H and O–H groups in total. The summed E-state index contributed by atoms with van der Waals surface area (Å²) in [7, 11) is -3.31. The fourth-order valence-corrected chi connectivity index (χ4v) is 3.79. The van der Waals surface area contributed by atoms with Crippen molar-refractivity contribution in [3.8, 4) is 5.75 Å². The first-order valence-corrected chi connectivity index (χ1v) is 10.5. The van der Waals surface area contributed by atoms with E-state index in [9.17, 15) is 8.42 Å². The summed E-state index contributed by atoms with van der Waals surface area (Å²) in [4.78, 5) is 6.43. The summed E-state index contributed by atoms with van der Waals surface area (Å²) in [6, 6.07) is 8.78. The standard InChI is InChI=1S/C17H18Cl2N2O3S/c1-25(22,23)15-10-16(19)17(20-11-15)21-8-6-14(7-9-21)24-13-4-2-12(18)3-5-13/h2-5,10-11,14H,6-9H2,1H3. The van der Waals surface area contributed by atoms with Gasteiger partial charge in [0.2, 0.25) is 0 Å². The van der Waals surface area contributed by atoms with Gasteiger partial charge in [-0.1, -0.05) is 23.2 Å². The quantitative estimate of drug-likeness (QED) is 0.779. The van der Waals surface area contributed by atoms with Crippen LogP contribution in [-0.4, -0.2) is 38.9 Å². The van der Waals surface area contributed by atoms with Gasteiger partial charge in [-0.3, -0.25) is 0 Å². The van der Waals surface area contributed by atoms with Crippen LogP contribution in [-0.2, 0) is 9.84 Å². The molecule has 0 radical (unpaired) electrons. The first kappa shape index (κ1) is 18.3. The van der Waals surface area contributed by atoms with Gasteiger partial charge in [-0.2, -0.15) is 0 Å². The summed E-state index contributed by atoms with van der Waals surface area (Å²) in [6.45, 7) is 1.48. The molecular formula is C17H18Cl2N2O3S. The maximum atomic E-state index is 11.6. The summed E-state index contributed by atoms with van der Waals surface area (Å²) in [6.07, 6.45) is 4.27. The van der Waals surface area contributed by atoms with Gasteiger partial charge in [0.15, 0.2) is 9.84 Å². The summed E-state index contributed by atoms with van der Waals surface area (Å²) in [5.41, 5.74) is 0. The van der Waals surface area contributed by atoms with Gasteiger partial charge in [0, 0.05) is 43.4 Å². The van der Waals surface area contributed by atoms with Gasteiger partial charge < -0.3 is 9.64 Å². The van der Waals surface area contributed by atoms with Crippen LogP contribution in [0.15, 0.2) is 41.4 Å². The number of ether oxygens (including phenoxy) is 1. The van der Waals surface area contributed by atoms with E-state index in [1.54, 1.807) is 12.1 Å². The normalized spacial score (nSPS) is 16.0. The number of rotatable bonds is 4. The van der Waals surface area contributed by atoms with Gasteiger partial charge in [-0.25, -0.2) is 13.4 Å². The molecule has 0 aliphatic carbocycles. The molecule has 1 fully saturated rings.